The van der Waals surface area contributed by atoms with Crippen molar-refractivity contribution in [2.45, 2.75) is 46.1 Å². The van der Waals surface area contributed by atoms with Gasteiger partial charge in [-0.3, -0.25) is 4.79 Å². The first-order valence-electron chi connectivity index (χ1n) is 10.0. The van der Waals surface area contributed by atoms with Gasteiger partial charge in [-0.15, -0.1) is 0 Å². The lowest BCUT2D eigenvalue weighted by Crippen LogP contribution is -2.39. The van der Waals surface area contributed by atoms with Crippen LogP contribution in [0.25, 0.3) is 6.08 Å². The maximum atomic E-state index is 12.7. The zero-order valence-electron chi connectivity index (χ0n) is 18.0. The normalized spacial score (nSPS) is 25.1. The van der Waals surface area contributed by atoms with Gasteiger partial charge in [0.15, 0.2) is 6.61 Å². The second-order valence-corrected chi connectivity index (χ2v) is 9.28. The molecular formula is C23H31NO5. The van der Waals surface area contributed by atoms with Crippen LogP contribution in [0.2, 0.25) is 0 Å². The molecule has 1 saturated carbocycles. The number of fused-ring (bicyclic) bond motifs is 2. The largest absolute Gasteiger partial charge is 0.497 e. The summed E-state index contributed by atoms with van der Waals surface area (Å²) in [6.07, 6.45) is 6.05. The summed E-state index contributed by atoms with van der Waals surface area (Å²) < 4.78 is 15.7. The molecule has 2 unspecified atom stereocenters. The third-order valence-electron chi connectivity index (χ3n) is 5.91. The molecule has 1 aliphatic heterocycles. The number of carbonyl (C=O) groups excluding carboxylic acids is 2. The highest BCUT2D eigenvalue weighted by Gasteiger charge is 2.50. The van der Waals surface area contributed by atoms with Gasteiger partial charge in [0, 0.05) is 24.2 Å². The van der Waals surface area contributed by atoms with Crippen molar-refractivity contribution in [1.82, 2.24) is 4.90 Å². The Morgan fingerprint density at radius 2 is 1.93 bits per heavy atom. The highest BCUT2D eigenvalue weighted by molar-refractivity contribution is 5.90. The molecule has 1 aromatic carbocycles. The van der Waals surface area contributed by atoms with Crippen molar-refractivity contribution >= 4 is 18.0 Å². The van der Waals surface area contributed by atoms with Crippen molar-refractivity contribution in [3.8, 4) is 11.5 Å². The molecule has 1 saturated heterocycles. The molecule has 2 atom stereocenters. The van der Waals surface area contributed by atoms with Gasteiger partial charge in [0.1, 0.15) is 11.5 Å². The Balaban J connectivity index is 1.57. The van der Waals surface area contributed by atoms with Gasteiger partial charge in [-0.1, -0.05) is 20.8 Å². The standard InChI is InChI=1S/C23H31NO5/c1-22(2)11-17-12-23(3,14-22)15-24(17)20(25)13-29-21(26)9-6-16-10-18(27-4)7-8-19(16)28-5/h6-10,17H,11-15H2,1-5H3/b9-6+. The zero-order valence-corrected chi connectivity index (χ0v) is 18.0. The van der Waals surface area contributed by atoms with Crippen molar-refractivity contribution in [2.24, 2.45) is 10.8 Å². The number of ether oxygens (including phenoxy) is 3. The molecule has 1 aliphatic carbocycles. The molecule has 3 rings (SSSR count). The summed E-state index contributed by atoms with van der Waals surface area (Å²) in [6, 6.07) is 5.55. The van der Waals surface area contributed by atoms with E-state index in [0.29, 0.717) is 17.1 Å². The Bertz CT molecular complexity index is 815. The van der Waals surface area contributed by atoms with Crippen LogP contribution in [0.15, 0.2) is 24.3 Å². The molecule has 1 aromatic rings. The maximum Gasteiger partial charge on any atom is 0.331 e. The van der Waals surface area contributed by atoms with Gasteiger partial charge < -0.3 is 19.1 Å². The van der Waals surface area contributed by atoms with Crippen LogP contribution in [0.3, 0.4) is 0 Å². The number of esters is 1. The number of methoxy groups -OCH3 is 2. The van der Waals surface area contributed by atoms with Crippen molar-refractivity contribution in [1.29, 1.82) is 0 Å². The molecule has 2 fully saturated rings. The molecule has 6 heteroatoms. The Morgan fingerprint density at radius 3 is 2.62 bits per heavy atom. The van der Waals surface area contributed by atoms with Crippen molar-refractivity contribution in [3.05, 3.63) is 29.8 Å². The van der Waals surface area contributed by atoms with E-state index in [1.807, 2.05) is 4.90 Å². The number of likely N-dealkylation sites (tertiary alicyclic amines) is 1. The molecule has 29 heavy (non-hydrogen) atoms. The van der Waals surface area contributed by atoms with Crippen molar-refractivity contribution < 1.29 is 23.8 Å². The minimum Gasteiger partial charge on any atom is -0.497 e. The van der Waals surface area contributed by atoms with E-state index in [0.717, 1.165) is 25.8 Å². The predicted molar refractivity (Wildman–Crippen MR) is 111 cm³/mol. The van der Waals surface area contributed by atoms with Gasteiger partial charge in [0.25, 0.3) is 5.91 Å². The van der Waals surface area contributed by atoms with Crippen LogP contribution >= 0.6 is 0 Å². The van der Waals surface area contributed by atoms with Gasteiger partial charge in [-0.25, -0.2) is 4.79 Å². The van der Waals surface area contributed by atoms with Crippen LogP contribution in [0, 0.1) is 10.8 Å². The molecule has 0 aromatic heterocycles. The van der Waals surface area contributed by atoms with Gasteiger partial charge >= 0.3 is 5.97 Å². The van der Waals surface area contributed by atoms with E-state index in [9.17, 15) is 9.59 Å². The lowest BCUT2D eigenvalue weighted by atomic mass is 9.65. The van der Waals surface area contributed by atoms with E-state index in [-0.39, 0.29) is 29.4 Å². The number of hydrogen-bond acceptors (Lipinski definition) is 5. The van der Waals surface area contributed by atoms with Crippen LogP contribution in [0.4, 0.5) is 0 Å². The summed E-state index contributed by atoms with van der Waals surface area (Å²) in [5.41, 5.74) is 1.09. The summed E-state index contributed by atoms with van der Waals surface area (Å²) in [6.45, 7) is 7.30. The number of hydrogen-bond donors (Lipinski definition) is 0. The van der Waals surface area contributed by atoms with E-state index in [2.05, 4.69) is 20.8 Å². The minimum absolute atomic E-state index is 0.114. The predicted octanol–water partition coefficient (Wildman–Crippen LogP) is 3.69. The summed E-state index contributed by atoms with van der Waals surface area (Å²) in [7, 11) is 3.13. The molecule has 0 N–H and O–H groups in total. The quantitative estimate of drug-likeness (QED) is 0.537. The van der Waals surface area contributed by atoms with Crippen molar-refractivity contribution in [2.75, 3.05) is 27.4 Å². The topological polar surface area (TPSA) is 65.1 Å². The first-order valence-corrected chi connectivity index (χ1v) is 10.0. The Kier molecular flexibility index (Phi) is 5.92. The summed E-state index contributed by atoms with van der Waals surface area (Å²) in [5, 5.41) is 0. The molecule has 0 radical (unpaired) electrons. The van der Waals surface area contributed by atoms with Crippen LogP contribution < -0.4 is 9.47 Å². The average molecular weight is 402 g/mol. The molecule has 158 valence electrons. The Hall–Kier alpha value is -2.50. The average Bonchev–Trinajstić information content (AvgIpc) is 2.92. The second-order valence-electron chi connectivity index (χ2n) is 9.28. The third kappa shape index (κ3) is 4.92. The van der Waals surface area contributed by atoms with Crippen LogP contribution in [-0.4, -0.2) is 50.2 Å². The van der Waals surface area contributed by atoms with E-state index in [1.54, 1.807) is 38.5 Å². The first kappa shape index (κ1) is 21.2. The second kappa shape index (κ2) is 8.09. The fourth-order valence-electron chi connectivity index (χ4n) is 5.14. The fraction of sp³-hybridized carbons (Fsp3) is 0.565. The Labute approximate surface area is 172 Å². The lowest BCUT2D eigenvalue weighted by Gasteiger charge is -2.39. The van der Waals surface area contributed by atoms with Crippen molar-refractivity contribution in [3.63, 3.8) is 0 Å². The number of rotatable bonds is 6. The number of benzene rings is 1. The lowest BCUT2D eigenvalue weighted by molar-refractivity contribution is -0.148. The maximum absolute atomic E-state index is 12.7. The van der Waals surface area contributed by atoms with E-state index >= 15 is 0 Å². The number of nitrogens with zero attached hydrogens (tertiary/aromatic N) is 1. The molecule has 2 aliphatic rings. The SMILES string of the molecule is COc1ccc(OC)c(/C=C/C(=O)OCC(=O)N2CC3(C)CC2CC(C)(C)C3)c1. The summed E-state index contributed by atoms with van der Waals surface area (Å²) in [5.74, 6) is 0.603. The van der Waals surface area contributed by atoms with Crippen LogP contribution in [-0.2, 0) is 14.3 Å². The molecule has 6 nitrogen and oxygen atoms in total. The summed E-state index contributed by atoms with van der Waals surface area (Å²) >= 11 is 0. The molecule has 2 bridgehead atoms. The highest BCUT2D eigenvalue weighted by atomic mass is 16.5. The van der Waals surface area contributed by atoms with Gasteiger partial charge in [-0.2, -0.15) is 0 Å². The summed E-state index contributed by atoms with van der Waals surface area (Å²) in [4.78, 5) is 26.7. The third-order valence-corrected chi connectivity index (χ3v) is 5.91. The molecule has 1 amide bonds. The van der Waals surface area contributed by atoms with E-state index in [1.165, 1.54) is 6.08 Å². The monoisotopic (exact) mass is 401 g/mol. The molecule has 1 heterocycles. The first-order chi connectivity index (χ1) is 13.6. The number of amides is 1. The zero-order chi connectivity index (χ0) is 21.2. The number of carbonyl (C=O) groups is 2. The fourth-order valence-corrected chi connectivity index (χ4v) is 5.14. The minimum atomic E-state index is -0.558. The molecular weight excluding hydrogens is 370 g/mol. The van der Waals surface area contributed by atoms with E-state index in [4.69, 9.17) is 14.2 Å². The van der Waals surface area contributed by atoms with Crippen LogP contribution in [0.5, 0.6) is 11.5 Å². The smallest absolute Gasteiger partial charge is 0.331 e. The van der Waals surface area contributed by atoms with Gasteiger partial charge in [0.2, 0.25) is 0 Å². The molecule has 0 spiro atoms. The van der Waals surface area contributed by atoms with Gasteiger partial charge in [0.05, 0.1) is 14.2 Å². The van der Waals surface area contributed by atoms with Gasteiger partial charge in [-0.05, 0) is 54.4 Å². The highest BCUT2D eigenvalue weighted by Crippen LogP contribution is 2.52. The van der Waals surface area contributed by atoms with Crippen LogP contribution in [0.1, 0.15) is 45.6 Å². The van der Waals surface area contributed by atoms with E-state index < -0.39 is 5.97 Å². The Morgan fingerprint density at radius 1 is 1.17 bits per heavy atom.